The first-order valence-electron chi connectivity index (χ1n) is 15.5. The van der Waals surface area contributed by atoms with Gasteiger partial charge in [0.25, 0.3) is 0 Å². The van der Waals surface area contributed by atoms with Crippen molar-refractivity contribution in [1.82, 2.24) is 20.1 Å². The third-order valence-corrected chi connectivity index (χ3v) is 9.99. The molecular weight excluding hydrogens is 671 g/mol. The summed E-state index contributed by atoms with van der Waals surface area (Å²) in [4.78, 5) is 53.1. The minimum Gasteiger partial charge on any atom is -0.478 e. The maximum Gasteiger partial charge on any atom is 0.338 e. The van der Waals surface area contributed by atoms with Crippen LogP contribution in [0, 0.1) is 5.82 Å². The molecule has 2 fully saturated rings. The molecule has 0 saturated carbocycles. The van der Waals surface area contributed by atoms with Crippen molar-refractivity contribution in [2.24, 2.45) is 4.99 Å². The number of carboxylic acid groups (broad SMARTS) is 1. The van der Waals surface area contributed by atoms with Gasteiger partial charge in [-0.2, -0.15) is 0 Å². The van der Waals surface area contributed by atoms with Crippen LogP contribution < -0.4 is 10.2 Å². The van der Waals surface area contributed by atoms with Crippen LogP contribution in [0.2, 0.25) is 5.02 Å². The number of hydrogen-bond acceptors (Lipinski definition) is 9. The first kappa shape index (κ1) is 32.4. The highest BCUT2D eigenvalue weighted by molar-refractivity contribution is 7.11. The number of carboxylic acids is 1. The number of aliphatic imine (C=N–C) groups is 1. The van der Waals surface area contributed by atoms with E-state index in [1.165, 1.54) is 36.6 Å². The van der Waals surface area contributed by atoms with Crippen molar-refractivity contribution >= 4 is 52.4 Å². The van der Waals surface area contributed by atoms with Crippen molar-refractivity contribution in [3.8, 4) is 11.1 Å². The molecule has 11 nitrogen and oxygen atoms in total. The fraction of sp³-hybridized carbons (Fsp3) is 0.229. The standard InChI is InChI=1S/C35H30ClFN6O5S/c1-48-34(46)29-28(39-31(32-38-12-15-49-32)40-30(29)26-11-8-23(37)16-27(26)36)19-41-13-14-42-25(17-41)18-43(35(42)47)24-9-6-21(7-10-24)20-2-4-22(5-3-20)33(44)45/h2-12,15-16,25,30H,13-14,17-19H2,1H3,(H,39,40)(H,44,45)/t25?,30-/m0/s1. The molecule has 2 N–H and O–H groups in total. The number of aromatic carboxylic acids is 1. The lowest BCUT2D eigenvalue weighted by Crippen LogP contribution is -2.53. The molecule has 3 aliphatic rings. The fourth-order valence-corrected chi connectivity index (χ4v) is 7.32. The Balaban J connectivity index is 1.11. The number of piperazine rings is 1. The van der Waals surface area contributed by atoms with Crippen molar-refractivity contribution in [2.45, 2.75) is 12.1 Å². The van der Waals surface area contributed by atoms with Crippen molar-refractivity contribution in [3.05, 3.63) is 117 Å². The Bertz CT molecular complexity index is 1990. The molecule has 7 rings (SSSR count). The molecule has 0 bridgehead atoms. The number of thiazole rings is 1. The highest BCUT2D eigenvalue weighted by atomic mass is 35.5. The van der Waals surface area contributed by atoms with Crippen LogP contribution in [0.4, 0.5) is 14.9 Å². The average Bonchev–Trinajstić information content (AvgIpc) is 3.76. The Hall–Kier alpha value is -5.11. The first-order valence-corrected chi connectivity index (χ1v) is 16.7. The topological polar surface area (TPSA) is 128 Å². The number of amides is 2. The third kappa shape index (κ3) is 6.40. The number of aromatic nitrogens is 1. The van der Waals surface area contributed by atoms with Crippen LogP contribution in [-0.4, -0.2) is 89.6 Å². The van der Waals surface area contributed by atoms with Gasteiger partial charge in [-0.05, 0) is 47.5 Å². The second-order valence-electron chi connectivity index (χ2n) is 11.8. The van der Waals surface area contributed by atoms with Gasteiger partial charge >= 0.3 is 18.0 Å². The second-order valence-corrected chi connectivity index (χ2v) is 13.1. The minimum atomic E-state index is -0.978. The Labute approximate surface area is 289 Å². The van der Waals surface area contributed by atoms with Crippen molar-refractivity contribution in [1.29, 1.82) is 0 Å². The molecule has 3 aliphatic heterocycles. The third-order valence-electron chi connectivity index (χ3n) is 8.89. The smallest absolute Gasteiger partial charge is 0.338 e. The van der Waals surface area contributed by atoms with E-state index in [0.29, 0.717) is 54.8 Å². The first-order chi connectivity index (χ1) is 23.7. The lowest BCUT2D eigenvalue weighted by Gasteiger charge is -2.38. The maximum absolute atomic E-state index is 14.0. The maximum atomic E-state index is 14.0. The SMILES string of the molecule is COC(=O)C1=C(CN2CCN3C(=O)N(c4ccc(-c5ccc(C(=O)O)cc5)cc4)CC3C2)NC(c2nccs2)=N[C@H]1c1ccc(F)cc1Cl. The number of anilines is 1. The van der Waals surface area contributed by atoms with Gasteiger partial charge in [0.15, 0.2) is 10.8 Å². The molecule has 0 aliphatic carbocycles. The van der Waals surface area contributed by atoms with Crippen LogP contribution in [0.15, 0.2) is 94.6 Å². The number of urea groups is 1. The molecule has 0 radical (unpaired) electrons. The predicted octanol–water partition coefficient (Wildman–Crippen LogP) is 5.45. The Morgan fingerprint density at radius 1 is 1.06 bits per heavy atom. The number of carbonyl (C=O) groups is 3. The van der Waals surface area contributed by atoms with Gasteiger partial charge in [0.2, 0.25) is 0 Å². The summed E-state index contributed by atoms with van der Waals surface area (Å²) in [6.45, 7) is 2.43. The van der Waals surface area contributed by atoms with Gasteiger partial charge in [-0.15, -0.1) is 11.3 Å². The number of carbonyl (C=O) groups excluding carboxylic acids is 2. The Morgan fingerprint density at radius 3 is 2.45 bits per heavy atom. The van der Waals surface area contributed by atoms with E-state index in [1.54, 1.807) is 35.4 Å². The number of nitrogens with one attached hydrogen (secondary N) is 1. The van der Waals surface area contributed by atoms with E-state index in [1.807, 2.05) is 34.5 Å². The van der Waals surface area contributed by atoms with Gasteiger partial charge in [-0.25, -0.2) is 23.8 Å². The van der Waals surface area contributed by atoms with E-state index < -0.39 is 23.8 Å². The highest BCUT2D eigenvalue weighted by Crippen LogP contribution is 2.37. The van der Waals surface area contributed by atoms with Crippen LogP contribution in [0.5, 0.6) is 0 Å². The van der Waals surface area contributed by atoms with Gasteiger partial charge < -0.3 is 20.1 Å². The summed E-state index contributed by atoms with van der Waals surface area (Å²) < 4.78 is 19.2. The zero-order valence-corrected chi connectivity index (χ0v) is 27.7. The summed E-state index contributed by atoms with van der Waals surface area (Å²) in [5.41, 5.74) is 4.06. The average molecular weight is 701 g/mol. The monoisotopic (exact) mass is 700 g/mol. The van der Waals surface area contributed by atoms with E-state index in [2.05, 4.69) is 15.2 Å². The molecule has 4 heterocycles. The predicted molar refractivity (Wildman–Crippen MR) is 183 cm³/mol. The van der Waals surface area contributed by atoms with Crippen LogP contribution in [0.1, 0.15) is 27.0 Å². The number of ether oxygens (including phenoxy) is 1. The van der Waals surface area contributed by atoms with Gasteiger partial charge in [-0.1, -0.05) is 41.9 Å². The summed E-state index contributed by atoms with van der Waals surface area (Å²) in [6.07, 6.45) is 1.66. The van der Waals surface area contributed by atoms with E-state index in [4.69, 9.17) is 21.3 Å². The lowest BCUT2D eigenvalue weighted by molar-refractivity contribution is -0.136. The van der Waals surface area contributed by atoms with Gasteiger partial charge in [0.05, 0.1) is 24.3 Å². The zero-order valence-electron chi connectivity index (χ0n) is 26.2. The Kier molecular flexibility index (Phi) is 8.88. The number of rotatable bonds is 8. The summed E-state index contributed by atoms with van der Waals surface area (Å²) in [5.74, 6) is -1.60. The molecule has 250 valence electrons. The molecule has 2 amide bonds. The molecule has 2 atom stereocenters. The molecule has 1 aromatic heterocycles. The van der Waals surface area contributed by atoms with Crippen LogP contribution in [0.3, 0.4) is 0 Å². The van der Waals surface area contributed by atoms with E-state index in [-0.39, 0.29) is 28.2 Å². The van der Waals surface area contributed by atoms with Crippen LogP contribution in [0.25, 0.3) is 11.1 Å². The fourth-order valence-electron chi connectivity index (χ4n) is 6.46. The summed E-state index contributed by atoms with van der Waals surface area (Å²) in [6, 6.07) is 17.3. The number of fused-ring (bicyclic) bond motifs is 1. The zero-order chi connectivity index (χ0) is 34.2. The summed E-state index contributed by atoms with van der Waals surface area (Å²) >= 11 is 7.88. The molecule has 49 heavy (non-hydrogen) atoms. The lowest BCUT2D eigenvalue weighted by atomic mass is 9.95. The van der Waals surface area contributed by atoms with Crippen LogP contribution >= 0.6 is 22.9 Å². The van der Waals surface area contributed by atoms with Gasteiger partial charge in [0, 0.05) is 66.3 Å². The molecule has 4 aromatic rings. The van der Waals surface area contributed by atoms with Crippen molar-refractivity contribution < 1.29 is 28.6 Å². The number of benzene rings is 3. The number of amidine groups is 1. The minimum absolute atomic E-state index is 0.0716. The molecule has 0 spiro atoms. The molecule has 2 saturated heterocycles. The Morgan fingerprint density at radius 2 is 1.80 bits per heavy atom. The molecule has 1 unspecified atom stereocenters. The number of hydrogen-bond donors (Lipinski definition) is 2. The second kappa shape index (κ2) is 13.4. The summed E-state index contributed by atoms with van der Waals surface area (Å²) in [5, 5.41) is 15.1. The van der Waals surface area contributed by atoms with Gasteiger partial charge in [0.1, 0.15) is 11.9 Å². The largest absolute Gasteiger partial charge is 0.478 e. The van der Waals surface area contributed by atoms with Gasteiger partial charge in [-0.3, -0.25) is 14.8 Å². The highest BCUT2D eigenvalue weighted by Gasteiger charge is 2.42. The number of nitrogens with zero attached hydrogens (tertiary/aromatic N) is 5. The van der Waals surface area contributed by atoms with Crippen molar-refractivity contribution in [2.75, 3.05) is 44.7 Å². The quantitative estimate of drug-likeness (QED) is 0.233. The van der Waals surface area contributed by atoms with E-state index in [9.17, 15) is 23.9 Å². The number of halogens is 2. The molecule has 3 aromatic carbocycles. The molecular formula is C35H30ClFN6O5S. The number of methoxy groups -OCH3 is 1. The molecule has 14 heteroatoms. The van der Waals surface area contributed by atoms with Crippen LogP contribution in [-0.2, 0) is 9.53 Å². The number of esters is 1. The van der Waals surface area contributed by atoms with E-state index >= 15 is 0 Å². The van der Waals surface area contributed by atoms with E-state index in [0.717, 1.165) is 16.8 Å². The summed E-state index contributed by atoms with van der Waals surface area (Å²) in [7, 11) is 1.30. The van der Waals surface area contributed by atoms with Crippen molar-refractivity contribution in [3.63, 3.8) is 0 Å². The normalized spacial score (nSPS) is 19.4.